The van der Waals surface area contributed by atoms with Gasteiger partial charge in [0.25, 0.3) is 0 Å². The second-order valence-electron chi connectivity index (χ2n) is 3.86. The van der Waals surface area contributed by atoms with Crippen molar-refractivity contribution in [2.24, 2.45) is 16.8 Å². The fourth-order valence-electron chi connectivity index (χ4n) is 0.682. The van der Waals surface area contributed by atoms with Gasteiger partial charge in [-0.25, -0.2) is 0 Å². The first kappa shape index (κ1) is 10.7. The molecule has 0 radical (unpaired) electrons. The summed E-state index contributed by atoms with van der Waals surface area (Å²) >= 11 is 0. The van der Waals surface area contributed by atoms with E-state index in [0.29, 0.717) is 5.92 Å². The maximum absolute atomic E-state index is 4.48. The van der Waals surface area contributed by atoms with Crippen molar-refractivity contribution < 1.29 is 0 Å². The van der Waals surface area contributed by atoms with Crippen molar-refractivity contribution in [3.8, 4) is 0 Å². The van der Waals surface area contributed by atoms with Crippen molar-refractivity contribution >= 4 is 5.71 Å². The van der Waals surface area contributed by atoms with Crippen LogP contribution in [0.4, 0.5) is 0 Å². The van der Waals surface area contributed by atoms with Gasteiger partial charge in [-0.15, -0.1) is 0 Å². The highest BCUT2D eigenvalue weighted by Gasteiger charge is 1.97. The van der Waals surface area contributed by atoms with Crippen molar-refractivity contribution in [1.82, 2.24) is 0 Å². The molecule has 0 spiro atoms. The van der Waals surface area contributed by atoms with Gasteiger partial charge in [-0.3, -0.25) is 4.99 Å². The molecule has 0 aromatic carbocycles. The van der Waals surface area contributed by atoms with E-state index < -0.39 is 0 Å². The molecule has 0 aromatic heterocycles. The summed E-state index contributed by atoms with van der Waals surface area (Å²) in [5, 5.41) is 0. The summed E-state index contributed by atoms with van der Waals surface area (Å²) in [6.45, 7) is 12.0. The zero-order valence-electron chi connectivity index (χ0n) is 8.52. The van der Waals surface area contributed by atoms with E-state index in [9.17, 15) is 0 Å². The predicted molar refractivity (Wildman–Crippen MR) is 52.3 cm³/mol. The van der Waals surface area contributed by atoms with Crippen LogP contribution >= 0.6 is 0 Å². The summed E-state index contributed by atoms with van der Waals surface area (Å²) < 4.78 is 0. The molecule has 0 saturated heterocycles. The average molecular weight is 155 g/mol. The average Bonchev–Trinajstić information content (AvgIpc) is 1.86. The molecule has 66 valence electrons. The lowest BCUT2D eigenvalue weighted by Gasteiger charge is -2.05. The van der Waals surface area contributed by atoms with Gasteiger partial charge >= 0.3 is 0 Å². The zero-order chi connectivity index (χ0) is 8.85. The largest absolute Gasteiger partial charge is 0.294 e. The Morgan fingerprint density at radius 2 is 1.73 bits per heavy atom. The Balaban J connectivity index is 3.57. The van der Waals surface area contributed by atoms with Crippen molar-refractivity contribution in [2.45, 2.75) is 41.0 Å². The zero-order valence-corrected chi connectivity index (χ0v) is 8.52. The van der Waals surface area contributed by atoms with Crippen LogP contribution in [0.2, 0.25) is 0 Å². The number of rotatable bonds is 4. The first-order chi connectivity index (χ1) is 5.04. The Labute approximate surface area is 70.9 Å². The Morgan fingerprint density at radius 1 is 1.18 bits per heavy atom. The first-order valence-electron chi connectivity index (χ1n) is 4.55. The Morgan fingerprint density at radius 3 is 2.09 bits per heavy atom. The van der Waals surface area contributed by atoms with Gasteiger partial charge < -0.3 is 0 Å². The smallest absolute Gasteiger partial charge is 0.0391 e. The van der Waals surface area contributed by atoms with E-state index in [1.807, 2.05) is 0 Å². The van der Waals surface area contributed by atoms with E-state index >= 15 is 0 Å². The van der Waals surface area contributed by atoms with E-state index in [-0.39, 0.29) is 0 Å². The monoisotopic (exact) mass is 155 g/mol. The molecule has 0 aliphatic rings. The van der Waals surface area contributed by atoms with E-state index in [2.05, 4.69) is 39.6 Å². The summed E-state index contributed by atoms with van der Waals surface area (Å²) in [6, 6.07) is 0. The van der Waals surface area contributed by atoms with E-state index in [0.717, 1.165) is 12.5 Å². The molecule has 1 nitrogen and oxygen atoms in total. The lowest BCUT2D eigenvalue weighted by atomic mass is 10.1. The molecule has 0 N–H and O–H groups in total. The first-order valence-corrected chi connectivity index (χ1v) is 4.55. The number of hydrogen-bond acceptors (Lipinski definition) is 1. The maximum Gasteiger partial charge on any atom is 0.0391 e. The van der Waals surface area contributed by atoms with Crippen molar-refractivity contribution in [1.29, 1.82) is 0 Å². The third-order valence-corrected chi connectivity index (χ3v) is 1.90. The van der Waals surface area contributed by atoms with Crippen LogP contribution in [-0.4, -0.2) is 12.3 Å². The van der Waals surface area contributed by atoms with Gasteiger partial charge in [0.2, 0.25) is 0 Å². The summed E-state index contributed by atoms with van der Waals surface area (Å²) in [7, 11) is 0. The second kappa shape index (κ2) is 5.34. The van der Waals surface area contributed by atoms with Gasteiger partial charge in [-0.2, -0.15) is 0 Å². The van der Waals surface area contributed by atoms with Gasteiger partial charge in [-0.1, -0.05) is 27.7 Å². The van der Waals surface area contributed by atoms with Crippen LogP contribution in [0.5, 0.6) is 0 Å². The van der Waals surface area contributed by atoms with Gasteiger partial charge in [0.1, 0.15) is 0 Å². The molecular weight excluding hydrogens is 134 g/mol. The molecule has 11 heavy (non-hydrogen) atoms. The Bertz CT molecular complexity index is 123. The van der Waals surface area contributed by atoms with Gasteiger partial charge in [0, 0.05) is 12.3 Å². The van der Waals surface area contributed by atoms with E-state index in [1.165, 1.54) is 12.1 Å². The molecule has 0 unspecified atom stereocenters. The molecule has 0 aromatic rings. The van der Waals surface area contributed by atoms with E-state index in [1.54, 1.807) is 0 Å². The fourth-order valence-corrected chi connectivity index (χ4v) is 0.682. The van der Waals surface area contributed by atoms with Crippen LogP contribution in [0.15, 0.2) is 4.99 Å². The summed E-state index contributed by atoms with van der Waals surface area (Å²) in [5.74, 6) is 1.39. The third kappa shape index (κ3) is 6.08. The highest BCUT2D eigenvalue weighted by Crippen LogP contribution is 2.01. The number of nitrogens with zero attached hydrogens (tertiary/aromatic N) is 1. The van der Waals surface area contributed by atoms with Gasteiger partial charge in [0.05, 0.1) is 0 Å². The molecule has 0 aliphatic heterocycles. The minimum absolute atomic E-state index is 0.613. The Hall–Kier alpha value is -0.330. The number of hydrogen-bond donors (Lipinski definition) is 0. The van der Waals surface area contributed by atoms with Crippen molar-refractivity contribution in [3.05, 3.63) is 0 Å². The predicted octanol–water partition coefficient (Wildman–Crippen LogP) is 3.15. The molecule has 0 aliphatic carbocycles. The lowest BCUT2D eigenvalue weighted by Crippen LogP contribution is -2.03. The van der Waals surface area contributed by atoms with Crippen molar-refractivity contribution in [3.63, 3.8) is 0 Å². The second-order valence-corrected chi connectivity index (χ2v) is 3.86. The highest BCUT2D eigenvalue weighted by molar-refractivity contribution is 5.83. The molecule has 0 heterocycles. The summed E-state index contributed by atoms with van der Waals surface area (Å²) in [5.41, 5.74) is 1.28. The van der Waals surface area contributed by atoms with E-state index in [4.69, 9.17) is 0 Å². The van der Waals surface area contributed by atoms with Crippen LogP contribution in [0.1, 0.15) is 41.0 Å². The van der Waals surface area contributed by atoms with Crippen LogP contribution in [0, 0.1) is 11.8 Å². The summed E-state index contributed by atoms with van der Waals surface area (Å²) in [6.07, 6.45) is 1.21. The summed E-state index contributed by atoms with van der Waals surface area (Å²) in [4.78, 5) is 4.48. The van der Waals surface area contributed by atoms with Crippen LogP contribution in [-0.2, 0) is 0 Å². The third-order valence-electron chi connectivity index (χ3n) is 1.90. The van der Waals surface area contributed by atoms with Crippen molar-refractivity contribution in [2.75, 3.05) is 6.54 Å². The number of aliphatic imine (C=N–C) groups is 1. The standard InChI is InChI=1S/C10H21N/c1-8(2)6-7-11-10(5)9(3)4/h8-9H,6-7H2,1-5H3. The normalized spacial score (nSPS) is 13.2. The molecular formula is C10H21N. The molecule has 0 rings (SSSR count). The van der Waals surface area contributed by atoms with Crippen LogP contribution in [0.3, 0.4) is 0 Å². The molecule has 1 heteroatoms. The van der Waals surface area contributed by atoms with Crippen LogP contribution in [0.25, 0.3) is 0 Å². The Kier molecular flexibility index (Phi) is 5.18. The maximum atomic E-state index is 4.48. The van der Waals surface area contributed by atoms with Gasteiger partial charge in [0.15, 0.2) is 0 Å². The molecule has 0 saturated carbocycles. The SMILES string of the molecule is CC(=NCCC(C)C)C(C)C. The lowest BCUT2D eigenvalue weighted by molar-refractivity contribution is 0.595. The fraction of sp³-hybridized carbons (Fsp3) is 0.900. The molecule has 0 bridgehead atoms. The minimum Gasteiger partial charge on any atom is -0.294 e. The minimum atomic E-state index is 0.613. The molecule has 0 amide bonds. The quantitative estimate of drug-likeness (QED) is 0.553. The molecule has 0 atom stereocenters. The van der Waals surface area contributed by atoms with Crippen LogP contribution < -0.4 is 0 Å². The van der Waals surface area contributed by atoms with Gasteiger partial charge in [-0.05, 0) is 25.2 Å². The topological polar surface area (TPSA) is 12.4 Å². The molecule has 0 fully saturated rings. The highest BCUT2D eigenvalue weighted by atomic mass is 14.7.